The Labute approximate surface area is 131 Å². The standard InChI is InChI=1S/C16H15F2NO4/c1-21-14-6-4-11(8-15(14)22-2)19-16(20)9-23-13-5-3-10(17)7-12(13)18/h3-8H,9H2,1-2H3,(H,19,20). The molecule has 1 amide bonds. The van der Waals surface area contributed by atoms with Crippen LogP contribution in [-0.4, -0.2) is 26.7 Å². The first-order valence-corrected chi connectivity index (χ1v) is 6.63. The highest BCUT2D eigenvalue weighted by atomic mass is 19.1. The maximum Gasteiger partial charge on any atom is 0.262 e. The Morgan fingerprint density at radius 2 is 1.70 bits per heavy atom. The summed E-state index contributed by atoms with van der Waals surface area (Å²) in [5, 5.41) is 2.57. The lowest BCUT2D eigenvalue weighted by molar-refractivity contribution is -0.118. The van der Waals surface area contributed by atoms with Gasteiger partial charge >= 0.3 is 0 Å². The monoisotopic (exact) mass is 323 g/mol. The average Bonchev–Trinajstić information content (AvgIpc) is 2.54. The second-order valence-electron chi connectivity index (χ2n) is 4.48. The van der Waals surface area contributed by atoms with Crippen LogP contribution >= 0.6 is 0 Å². The minimum absolute atomic E-state index is 0.200. The number of rotatable bonds is 6. The summed E-state index contributed by atoms with van der Waals surface area (Å²) in [5.41, 5.74) is 0.468. The molecule has 0 atom stereocenters. The van der Waals surface area contributed by atoms with Crippen LogP contribution in [0.1, 0.15) is 0 Å². The van der Waals surface area contributed by atoms with Crippen LogP contribution in [0.5, 0.6) is 17.2 Å². The summed E-state index contributed by atoms with van der Waals surface area (Å²) in [6.07, 6.45) is 0. The van der Waals surface area contributed by atoms with Gasteiger partial charge in [-0.05, 0) is 24.3 Å². The molecule has 2 rings (SSSR count). The molecule has 0 radical (unpaired) electrons. The summed E-state index contributed by atoms with van der Waals surface area (Å²) in [6.45, 7) is -0.420. The minimum Gasteiger partial charge on any atom is -0.493 e. The molecule has 0 fully saturated rings. The number of amides is 1. The molecule has 23 heavy (non-hydrogen) atoms. The maximum atomic E-state index is 13.4. The molecule has 0 unspecified atom stereocenters. The van der Waals surface area contributed by atoms with E-state index >= 15 is 0 Å². The molecule has 0 saturated heterocycles. The summed E-state index contributed by atoms with van der Waals surface area (Å²) in [5.74, 6) is -1.31. The SMILES string of the molecule is COc1ccc(NC(=O)COc2ccc(F)cc2F)cc1OC. The van der Waals surface area contributed by atoms with Gasteiger partial charge in [-0.15, -0.1) is 0 Å². The maximum absolute atomic E-state index is 13.4. The quantitative estimate of drug-likeness (QED) is 0.888. The van der Waals surface area contributed by atoms with E-state index in [1.807, 2.05) is 0 Å². The summed E-state index contributed by atoms with van der Waals surface area (Å²) >= 11 is 0. The number of ether oxygens (including phenoxy) is 3. The number of anilines is 1. The second-order valence-corrected chi connectivity index (χ2v) is 4.48. The van der Waals surface area contributed by atoms with E-state index in [-0.39, 0.29) is 5.75 Å². The van der Waals surface area contributed by atoms with Gasteiger partial charge in [-0.2, -0.15) is 0 Å². The first-order chi connectivity index (χ1) is 11.0. The van der Waals surface area contributed by atoms with E-state index in [0.717, 1.165) is 12.1 Å². The van der Waals surface area contributed by atoms with Crippen LogP contribution < -0.4 is 19.5 Å². The van der Waals surface area contributed by atoms with Crippen molar-refractivity contribution in [3.05, 3.63) is 48.0 Å². The summed E-state index contributed by atoms with van der Waals surface area (Å²) in [7, 11) is 2.98. The lowest BCUT2D eigenvalue weighted by atomic mass is 10.2. The van der Waals surface area contributed by atoms with Gasteiger partial charge in [0.25, 0.3) is 5.91 Å². The Balaban J connectivity index is 1.97. The molecule has 2 aromatic rings. The van der Waals surface area contributed by atoms with Crippen molar-refractivity contribution in [2.45, 2.75) is 0 Å². The van der Waals surface area contributed by atoms with Crippen molar-refractivity contribution >= 4 is 11.6 Å². The first-order valence-electron chi connectivity index (χ1n) is 6.63. The molecule has 0 aliphatic rings. The number of hydrogen-bond donors (Lipinski definition) is 1. The van der Waals surface area contributed by atoms with Crippen molar-refractivity contribution in [1.29, 1.82) is 0 Å². The summed E-state index contributed by atoms with van der Waals surface area (Å²) in [4.78, 5) is 11.8. The van der Waals surface area contributed by atoms with E-state index in [4.69, 9.17) is 14.2 Å². The van der Waals surface area contributed by atoms with Gasteiger partial charge in [0.2, 0.25) is 0 Å². The normalized spacial score (nSPS) is 10.1. The van der Waals surface area contributed by atoms with E-state index in [1.54, 1.807) is 18.2 Å². The third kappa shape index (κ3) is 4.32. The van der Waals surface area contributed by atoms with Crippen LogP contribution in [0, 0.1) is 11.6 Å². The van der Waals surface area contributed by atoms with Gasteiger partial charge in [0.05, 0.1) is 14.2 Å². The molecule has 7 heteroatoms. The zero-order valence-electron chi connectivity index (χ0n) is 12.6. The van der Waals surface area contributed by atoms with Crippen LogP contribution in [0.15, 0.2) is 36.4 Å². The molecule has 5 nitrogen and oxygen atoms in total. The Hall–Kier alpha value is -2.83. The fourth-order valence-electron chi connectivity index (χ4n) is 1.85. The van der Waals surface area contributed by atoms with Crippen LogP contribution in [-0.2, 0) is 4.79 Å². The smallest absolute Gasteiger partial charge is 0.262 e. The van der Waals surface area contributed by atoms with Gasteiger partial charge in [-0.3, -0.25) is 4.79 Å². The number of carbonyl (C=O) groups excluding carboxylic acids is 1. The molecule has 0 aliphatic carbocycles. The van der Waals surface area contributed by atoms with E-state index in [1.165, 1.54) is 14.2 Å². The molecule has 0 bridgehead atoms. The average molecular weight is 323 g/mol. The molecule has 122 valence electrons. The molecule has 0 heterocycles. The van der Waals surface area contributed by atoms with Gasteiger partial charge in [0.15, 0.2) is 29.7 Å². The Morgan fingerprint density at radius 1 is 1.00 bits per heavy atom. The minimum atomic E-state index is -0.871. The first kappa shape index (κ1) is 16.5. The molecule has 1 N–H and O–H groups in total. The van der Waals surface area contributed by atoms with Crippen molar-refractivity contribution in [2.75, 3.05) is 26.1 Å². The van der Waals surface area contributed by atoms with Gasteiger partial charge in [-0.1, -0.05) is 0 Å². The van der Waals surface area contributed by atoms with E-state index in [0.29, 0.717) is 23.3 Å². The lowest BCUT2D eigenvalue weighted by Gasteiger charge is -2.11. The highest BCUT2D eigenvalue weighted by Crippen LogP contribution is 2.29. The predicted molar refractivity (Wildman–Crippen MR) is 80.0 cm³/mol. The molecular weight excluding hydrogens is 308 g/mol. The summed E-state index contributed by atoms with van der Waals surface area (Å²) < 4.78 is 41.4. The fourth-order valence-corrected chi connectivity index (χ4v) is 1.85. The number of carbonyl (C=O) groups is 1. The molecule has 2 aromatic carbocycles. The topological polar surface area (TPSA) is 56.8 Å². The van der Waals surface area contributed by atoms with Crippen molar-refractivity contribution in [3.8, 4) is 17.2 Å². The molecule has 0 spiro atoms. The fraction of sp³-hybridized carbons (Fsp3) is 0.188. The van der Waals surface area contributed by atoms with Gasteiger partial charge in [0.1, 0.15) is 5.82 Å². The van der Waals surface area contributed by atoms with Crippen LogP contribution in [0.25, 0.3) is 0 Å². The summed E-state index contributed by atoms with van der Waals surface area (Å²) in [6, 6.07) is 7.68. The number of methoxy groups -OCH3 is 2. The van der Waals surface area contributed by atoms with Crippen LogP contribution in [0.2, 0.25) is 0 Å². The zero-order chi connectivity index (χ0) is 16.8. The van der Waals surface area contributed by atoms with Crippen molar-refractivity contribution in [3.63, 3.8) is 0 Å². The zero-order valence-corrected chi connectivity index (χ0v) is 12.6. The third-order valence-electron chi connectivity index (χ3n) is 2.92. The largest absolute Gasteiger partial charge is 0.493 e. The van der Waals surface area contributed by atoms with Crippen molar-refractivity contribution in [2.24, 2.45) is 0 Å². The van der Waals surface area contributed by atoms with Gasteiger partial charge < -0.3 is 19.5 Å². The predicted octanol–water partition coefficient (Wildman–Crippen LogP) is 3.00. The number of halogens is 2. The van der Waals surface area contributed by atoms with E-state index in [9.17, 15) is 13.6 Å². The Morgan fingerprint density at radius 3 is 2.35 bits per heavy atom. The second kappa shape index (κ2) is 7.44. The molecule has 0 saturated carbocycles. The molecule has 0 aromatic heterocycles. The van der Waals surface area contributed by atoms with E-state index in [2.05, 4.69) is 5.32 Å². The van der Waals surface area contributed by atoms with Crippen LogP contribution in [0.4, 0.5) is 14.5 Å². The highest BCUT2D eigenvalue weighted by molar-refractivity contribution is 5.92. The lowest BCUT2D eigenvalue weighted by Crippen LogP contribution is -2.20. The van der Waals surface area contributed by atoms with Crippen LogP contribution in [0.3, 0.4) is 0 Å². The van der Waals surface area contributed by atoms with Crippen molar-refractivity contribution < 1.29 is 27.8 Å². The highest BCUT2D eigenvalue weighted by Gasteiger charge is 2.10. The van der Waals surface area contributed by atoms with Crippen molar-refractivity contribution in [1.82, 2.24) is 0 Å². The third-order valence-corrected chi connectivity index (χ3v) is 2.92. The van der Waals surface area contributed by atoms with E-state index < -0.39 is 24.1 Å². The van der Waals surface area contributed by atoms with Gasteiger partial charge in [-0.25, -0.2) is 8.78 Å². The number of benzene rings is 2. The Kier molecular flexibility index (Phi) is 5.35. The number of nitrogens with one attached hydrogen (secondary N) is 1. The number of hydrogen-bond acceptors (Lipinski definition) is 4. The Bertz CT molecular complexity index is 706. The van der Waals surface area contributed by atoms with Gasteiger partial charge in [0, 0.05) is 17.8 Å². The molecule has 0 aliphatic heterocycles. The molecular formula is C16H15F2NO4.